The predicted octanol–water partition coefficient (Wildman–Crippen LogP) is 1.17. The van der Waals surface area contributed by atoms with Gasteiger partial charge in [-0.25, -0.2) is 9.97 Å². The molecular weight excluding hydrogens is 240 g/mol. The fourth-order valence-electron chi connectivity index (χ4n) is 1.80. The lowest BCUT2D eigenvalue weighted by Crippen LogP contribution is -2.15. The zero-order valence-electron chi connectivity index (χ0n) is 10.8. The van der Waals surface area contributed by atoms with E-state index >= 15 is 0 Å². The van der Waals surface area contributed by atoms with Crippen molar-refractivity contribution in [3.8, 4) is 0 Å². The number of benzene rings is 1. The Balaban J connectivity index is 1.95. The topological polar surface area (TPSA) is 80.9 Å². The summed E-state index contributed by atoms with van der Waals surface area (Å²) in [5.41, 5.74) is 8.91. The molecule has 1 aromatic carbocycles. The van der Waals surface area contributed by atoms with Crippen molar-refractivity contribution < 1.29 is 4.79 Å². The molecule has 0 radical (unpaired) electrons. The number of hydrogen-bond donors (Lipinski definition) is 2. The Labute approximate surface area is 111 Å². The molecule has 0 spiro atoms. The van der Waals surface area contributed by atoms with Crippen LogP contribution in [0.15, 0.2) is 36.8 Å². The van der Waals surface area contributed by atoms with Crippen LogP contribution in [0.2, 0.25) is 0 Å². The summed E-state index contributed by atoms with van der Waals surface area (Å²) in [5, 5.41) is 3.30. The lowest BCUT2D eigenvalue weighted by molar-refractivity contribution is 0.1000. The normalized spacial score (nSPS) is 10.4. The number of rotatable bonds is 5. The molecule has 0 unspecified atom stereocenters. The molecule has 0 atom stereocenters. The fraction of sp³-hybridized carbons (Fsp3) is 0.214. The van der Waals surface area contributed by atoms with Crippen LogP contribution in [0.25, 0.3) is 0 Å². The first-order valence-electron chi connectivity index (χ1n) is 6.02. The molecule has 1 amide bonds. The van der Waals surface area contributed by atoms with Crippen molar-refractivity contribution >= 4 is 5.91 Å². The lowest BCUT2D eigenvalue weighted by atomic mass is 10.0. The molecule has 3 N–H and O–H groups in total. The van der Waals surface area contributed by atoms with Gasteiger partial charge in [0.25, 0.3) is 0 Å². The lowest BCUT2D eigenvalue weighted by Gasteiger charge is -2.08. The number of nitrogens with two attached hydrogens (primary N) is 1. The van der Waals surface area contributed by atoms with E-state index in [4.69, 9.17) is 5.73 Å². The molecule has 5 nitrogen and oxygen atoms in total. The average Bonchev–Trinajstić information content (AvgIpc) is 2.41. The molecule has 98 valence electrons. The largest absolute Gasteiger partial charge is 0.366 e. The van der Waals surface area contributed by atoms with Crippen molar-refractivity contribution in [3.63, 3.8) is 0 Å². The minimum absolute atomic E-state index is 0.399. The van der Waals surface area contributed by atoms with Crippen molar-refractivity contribution in [2.75, 3.05) is 0 Å². The predicted molar refractivity (Wildman–Crippen MR) is 72.3 cm³/mol. The van der Waals surface area contributed by atoms with Crippen LogP contribution >= 0.6 is 0 Å². The van der Waals surface area contributed by atoms with Crippen molar-refractivity contribution in [1.82, 2.24) is 15.3 Å². The third-order valence-corrected chi connectivity index (χ3v) is 2.89. The maximum absolute atomic E-state index is 11.1. The van der Waals surface area contributed by atoms with Gasteiger partial charge in [-0.2, -0.15) is 0 Å². The van der Waals surface area contributed by atoms with Crippen LogP contribution in [0.3, 0.4) is 0 Å². The Bertz CT molecular complexity index is 569. The van der Waals surface area contributed by atoms with E-state index < -0.39 is 5.91 Å². The zero-order valence-corrected chi connectivity index (χ0v) is 10.8. The van der Waals surface area contributed by atoms with E-state index in [-0.39, 0.29) is 0 Å². The van der Waals surface area contributed by atoms with Crippen LogP contribution < -0.4 is 11.1 Å². The van der Waals surface area contributed by atoms with Gasteiger partial charge in [-0.15, -0.1) is 0 Å². The highest BCUT2D eigenvalue weighted by Crippen LogP contribution is 2.10. The number of amides is 1. The highest BCUT2D eigenvalue weighted by Gasteiger charge is 2.04. The van der Waals surface area contributed by atoms with E-state index in [1.54, 1.807) is 12.3 Å². The average molecular weight is 256 g/mol. The molecule has 0 bridgehead atoms. The third kappa shape index (κ3) is 3.59. The summed E-state index contributed by atoms with van der Waals surface area (Å²) >= 11 is 0. The van der Waals surface area contributed by atoms with Crippen molar-refractivity contribution in [2.24, 2.45) is 5.73 Å². The summed E-state index contributed by atoms with van der Waals surface area (Å²) in [6.45, 7) is 3.36. The number of carbonyl (C=O) groups is 1. The number of nitrogens with zero attached hydrogens (tertiary/aromatic N) is 2. The second kappa shape index (κ2) is 6.06. The molecule has 2 rings (SSSR count). The second-order valence-electron chi connectivity index (χ2n) is 4.31. The Kier molecular flexibility index (Phi) is 4.20. The fourth-order valence-corrected chi connectivity index (χ4v) is 1.80. The highest BCUT2D eigenvalue weighted by molar-refractivity contribution is 5.93. The molecule has 0 saturated heterocycles. The number of hydrogen-bond acceptors (Lipinski definition) is 4. The standard InChI is InChI=1S/C14H16N4O/c1-10-6-11(14(15)19)2-3-12(10)7-17-8-13-4-5-16-9-18-13/h2-6,9,17H,7-8H2,1H3,(H2,15,19). The van der Waals surface area contributed by atoms with Crippen molar-refractivity contribution in [3.05, 3.63) is 59.2 Å². The van der Waals surface area contributed by atoms with Gasteiger partial charge < -0.3 is 11.1 Å². The van der Waals surface area contributed by atoms with E-state index in [1.165, 1.54) is 6.33 Å². The molecule has 5 heteroatoms. The summed E-state index contributed by atoms with van der Waals surface area (Å²) in [6, 6.07) is 7.35. The maximum atomic E-state index is 11.1. The van der Waals surface area contributed by atoms with Gasteiger partial charge in [0.05, 0.1) is 5.69 Å². The van der Waals surface area contributed by atoms with Gasteiger partial charge >= 0.3 is 0 Å². The number of nitrogens with one attached hydrogen (secondary N) is 1. The van der Waals surface area contributed by atoms with Gasteiger partial charge in [0.1, 0.15) is 6.33 Å². The molecule has 1 heterocycles. The summed E-state index contributed by atoms with van der Waals surface area (Å²) in [6.07, 6.45) is 3.25. The highest BCUT2D eigenvalue weighted by atomic mass is 16.1. The molecular formula is C14H16N4O. The van der Waals surface area contributed by atoms with Gasteiger partial charge in [0, 0.05) is 24.8 Å². The van der Waals surface area contributed by atoms with E-state index in [0.29, 0.717) is 12.1 Å². The first kappa shape index (κ1) is 13.2. The smallest absolute Gasteiger partial charge is 0.248 e. The Morgan fingerprint density at radius 3 is 2.79 bits per heavy atom. The van der Waals surface area contributed by atoms with Crippen LogP contribution in [0.1, 0.15) is 27.2 Å². The van der Waals surface area contributed by atoms with Gasteiger partial charge in [-0.1, -0.05) is 6.07 Å². The molecule has 19 heavy (non-hydrogen) atoms. The summed E-state index contributed by atoms with van der Waals surface area (Å²) in [7, 11) is 0. The molecule has 0 aliphatic carbocycles. The van der Waals surface area contributed by atoms with E-state index in [9.17, 15) is 4.79 Å². The van der Waals surface area contributed by atoms with Crippen LogP contribution in [-0.4, -0.2) is 15.9 Å². The molecule has 1 aromatic heterocycles. The first-order chi connectivity index (χ1) is 9.16. The van der Waals surface area contributed by atoms with Crippen LogP contribution in [0, 0.1) is 6.92 Å². The first-order valence-corrected chi connectivity index (χ1v) is 6.02. The summed E-state index contributed by atoms with van der Waals surface area (Å²) in [4.78, 5) is 19.1. The van der Waals surface area contributed by atoms with E-state index in [0.717, 1.165) is 23.4 Å². The Hall–Kier alpha value is -2.27. The Morgan fingerprint density at radius 1 is 1.32 bits per heavy atom. The molecule has 0 aliphatic heterocycles. The van der Waals surface area contributed by atoms with E-state index in [2.05, 4.69) is 15.3 Å². The quantitative estimate of drug-likeness (QED) is 0.841. The van der Waals surface area contributed by atoms with Crippen LogP contribution in [-0.2, 0) is 13.1 Å². The summed E-state index contributed by atoms with van der Waals surface area (Å²) in [5.74, 6) is -0.399. The zero-order chi connectivity index (χ0) is 13.7. The second-order valence-corrected chi connectivity index (χ2v) is 4.31. The Morgan fingerprint density at radius 2 is 2.16 bits per heavy atom. The minimum Gasteiger partial charge on any atom is -0.366 e. The number of carbonyl (C=O) groups excluding carboxylic acids is 1. The third-order valence-electron chi connectivity index (χ3n) is 2.89. The van der Waals surface area contributed by atoms with Crippen LogP contribution in [0.4, 0.5) is 0 Å². The number of aromatic nitrogens is 2. The van der Waals surface area contributed by atoms with Crippen LogP contribution in [0.5, 0.6) is 0 Å². The van der Waals surface area contributed by atoms with Crippen molar-refractivity contribution in [1.29, 1.82) is 0 Å². The molecule has 2 aromatic rings. The van der Waals surface area contributed by atoms with Gasteiger partial charge in [-0.3, -0.25) is 4.79 Å². The minimum atomic E-state index is -0.399. The maximum Gasteiger partial charge on any atom is 0.248 e. The van der Waals surface area contributed by atoms with Gasteiger partial charge in [-0.05, 0) is 36.2 Å². The van der Waals surface area contributed by atoms with Crippen molar-refractivity contribution in [2.45, 2.75) is 20.0 Å². The number of aryl methyl sites for hydroxylation is 1. The van der Waals surface area contributed by atoms with Gasteiger partial charge in [0.2, 0.25) is 5.91 Å². The molecule has 0 fully saturated rings. The molecule has 0 aliphatic rings. The van der Waals surface area contributed by atoms with Gasteiger partial charge in [0.15, 0.2) is 0 Å². The number of primary amides is 1. The van der Waals surface area contributed by atoms with E-state index in [1.807, 2.05) is 25.1 Å². The monoisotopic (exact) mass is 256 g/mol. The SMILES string of the molecule is Cc1cc(C(N)=O)ccc1CNCc1ccncn1. The molecule has 0 saturated carbocycles. The summed E-state index contributed by atoms with van der Waals surface area (Å²) < 4.78 is 0.